The molecule has 0 saturated carbocycles. The summed E-state index contributed by atoms with van der Waals surface area (Å²) in [4.78, 5) is 2.37. The second-order valence-corrected chi connectivity index (χ2v) is 6.07. The number of aromatic nitrogens is 2. The lowest BCUT2D eigenvalue weighted by Gasteiger charge is -2.32. The van der Waals surface area contributed by atoms with Crippen molar-refractivity contribution in [2.75, 3.05) is 25.4 Å². The highest BCUT2D eigenvalue weighted by molar-refractivity contribution is 5.46. The number of nitrogens with two attached hydrogens (primary N) is 1. The number of aliphatic hydroxyl groups is 1. The van der Waals surface area contributed by atoms with Crippen LogP contribution in [0.15, 0.2) is 0 Å². The molecule has 1 aliphatic heterocycles. The van der Waals surface area contributed by atoms with E-state index in [9.17, 15) is 5.11 Å². The zero-order chi connectivity index (χ0) is 14.7. The Kier molecular flexibility index (Phi) is 5.05. The van der Waals surface area contributed by atoms with Gasteiger partial charge in [0.15, 0.2) is 0 Å². The average Bonchev–Trinajstić information content (AvgIpc) is 2.67. The van der Waals surface area contributed by atoms with Crippen molar-refractivity contribution in [2.45, 2.75) is 52.7 Å². The van der Waals surface area contributed by atoms with Crippen molar-refractivity contribution in [3.8, 4) is 0 Å². The van der Waals surface area contributed by atoms with Gasteiger partial charge in [-0.15, -0.1) is 0 Å². The predicted octanol–water partition coefficient (Wildman–Crippen LogP) is 1.57. The molecule has 0 aliphatic carbocycles. The minimum absolute atomic E-state index is 0.384. The summed E-state index contributed by atoms with van der Waals surface area (Å²) in [5.41, 5.74) is 8.45. The van der Waals surface area contributed by atoms with Gasteiger partial charge in [-0.05, 0) is 45.7 Å². The first-order valence-corrected chi connectivity index (χ1v) is 7.71. The van der Waals surface area contributed by atoms with E-state index >= 15 is 0 Å². The summed E-state index contributed by atoms with van der Waals surface area (Å²) < 4.78 is 1.83. The number of nitrogens with zero attached hydrogens (tertiary/aromatic N) is 3. The van der Waals surface area contributed by atoms with Gasteiger partial charge < -0.3 is 15.7 Å². The largest absolute Gasteiger partial charge is 0.396 e. The molecule has 0 aromatic carbocycles. The van der Waals surface area contributed by atoms with Crippen LogP contribution in [0.4, 0.5) is 5.69 Å². The fourth-order valence-electron chi connectivity index (χ4n) is 3.02. The van der Waals surface area contributed by atoms with Crippen LogP contribution in [0.5, 0.6) is 0 Å². The number of hydrogen-bond donors (Lipinski definition) is 2. The SMILES string of the molecule is CCC1CCN(CC(O)Cn2nc(C)c(N)c2C)CC1. The molecule has 1 unspecified atom stereocenters. The maximum absolute atomic E-state index is 10.3. The minimum Gasteiger partial charge on any atom is -0.396 e. The highest BCUT2D eigenvalue weighted by Crippen LogP contribution is 2.20. The van der Waals surface area contributed by atoms with Crippen LogP contribution in [0.25, 0.3) is 0 Å². The predicted molar refractivity (Wildman–Crippen MR) is 81.6 cm³/mol. The summed E-state index contributed by atoms with van der Waals surface area (Å²) in [6.45, 7) is 9.59. The molecule has 0 radical (unpaired) electrons. The lowest BCUT2D eigenvalue weighted by atomic mass is 9.94. The maximum atomic E-state index is 10.3. The highest BCUT2D eigenvalue weighted by atomic mass is 16.3. The lowest BCUT2D eigenvalue weighted by Crippen LogP contribution is -2.40. The van der Waals surface area contributed by atoms with Gasteiger partial charge in [-0.25, -0.2) is 0 Å². The number of likely N-dealkylation sites (tertiary alicyclic amines) is 1. The monoisotopic (exact) mass is 280 g/mol. The quantitative estimate of drug-likeness (QED) is 0.859. The third-order valence-electron chi connectivity index (χ3n) is 4.57. The number of piperidine rings is 1. The number of hydrogen-bond acceptors (Lipinski definition) is 4. The number of nitrogen functional groups attached to an aromatic ring is 1. The second kappa shape index (κ2) is 6.59. The van der Waals surface area contributed by atoms with E-state index in [0.29, 0.717) is 6.54 Å². The third-order valence-corrected chi connectivity index (χ3v) is 4.57. The normalized spacial score (nSPS) is 19.4. The Morgan fingerprint density at radius 1 is 1.30 bits per heavy atom. The zero-order valence-corrected chi connectivity index (χ0v) is 13.0. The summed E-state index contributed by atoms with van der Waals surface area (Å²) in [6.07, 6.45) is 3.42. The van der Waals surface area contributed by atoms with Crippen LogP contribution in [-0.2, 0) is 6.54 Å². The van der Waals surface area contributed by atoms with Crippen molar-refractivity contribution in [2.24, 2.45) is 5.92 Å². The van der Waals surface area contributed by atoms with Crippen LogP contribution in [0.3, 0.4) is 0 Å². The van der Waals surface area contributed by atoms with E-state index in [1.807, 2.05) is 18.5 Å². The Balaban J connectivity index is 1.83. The molecule has 1 fully saturated rings. The Labute approximate surface area is 121 Å². The molecular weight excluding hydrogens is 252 g/mol. The molecule has 2 rings (SSSR count). The number of aryl methyl sites for hydroxylation is 1. The van der Waals surface area contributed by atoms with Crippen molar-refractivity contribution in [1.29, 1.82) is 0 Å². The Hall–Kier alpha value is -1.07. The fourth-order valence-corrected chi connectivity index (χ4v) is 3.02. The smallest absolute Gasteiger partial charge is 0.0862 e. The standard InChI is InChI=1S/C15H28N4O/c1-4-13-5-7-18(8-6-13)9-14(20)10-19-12(3)15(16)11(2)17-19/h13-14,20H,4-10,16H2,1-3H3. The van der Waals surface area contributed by atoms with Gasteiger partial charge in [-0.3, -0.25) is 4.68 Å². The third kappa shape index (κ3) is 3.52. The minimum atomic E-state index is -0.384. The van der Waals surface area contributed by atoms with Crippen molar-refractivity contribution < 1.29 is 5.11 Å². The summed E-state index contributed by atoms with van der Waals surface area (Å²) >= 11 is 0. The van der Waals surface area contributed by atoms with Gasteiger partial charge in [0.1, 0.15) is 0 Å². The molecule has 20 heavy (non-hydrogen) atoms. The molecule has 1 aromatic heterocycles. The molecule has 114 valence electrons. The van der Waals surface area contributed by atoms with E-state index in [-0.39, 0.29) is 6.10 Å². The fraction of sp³-hybridized carbons (Fsp3) is 0.800. The van der Waals surface area contributed by atoms with Gasteiger partial charge in [0, 0.05) is 6.54 Å². The number of rotatable bonds is 5. The number of β-amino-alcohol motifs (C(OH)–C–C–N with tert-alkyl or cyclic N) is 1. The van der Waals surface area contributed by atoms with Crippen LogP contribution in [0.1, 0.15) is 37.6 Å². The Bertz CT molecular complexity index is 435. The van der Waals surface area contributed by atoms with Gasteiger partial charge in [0.05, 0.1) is 29.7 Å². The first kappa shape index (κ1) is 15.3. The molecule has 0 bridgehead atoms. The van der Waals surface area contributed by atoms with Crippen LogP contribution >= 0.6 is 0 Å². The summed E-state index contributed by atoms with van der Waals surface area (Å²) in [5.74, 6) is 0.874. The summed E-state index contributed by atoms with van der Waals surface area (Å²) in [5, 5.41) is 14.6. The van der Waals surface area contributed by atoms with Crippen LogP contribution in [0, 0.1) is 19.8 Å². The molecule has 1 aliphatic rings. The molecule has 0 spiro atoms. The molecule has 1 atom stereocenters. The Morgan fingerprint density at radius 2 is 1.95 bits per heavy atom. The van der Waals surface area contributed by atoms with E-state index in [0.717, 1.165) is 42.6 Å². The lowest BCUT2D eigenvalue weighted by molar-refractivity contribution is 0.0750. The van der Waals surface area contributed by atoms with Crippen LogP contribution in [0.2, 0.25) is 0 Å². The molecule has 2 heterocycles. The van der Waals surface area contributed by atoms with Gasteiger partial charge in [-0.2, -0.15) is 5.10 Å². The van der Waals surface area contributed by atoms with Crippen LogP contribution < -0.4 is 5.73 Å². The molecule has 5 heteroatoms. The summed E-state index contributed by atoms with van der Waals surface area (Å²) in [7, 11) is 0. The number of anilines is 1. The Morgan fingerprint density at radius 3 is 2.45 bits per heavy atom. The number of aliphatic hydroxyl groups excluding tert-OH is 1. The average molecular weight is 280 g/mol. The van der Waals surface area contributed by atoms with Gasteiger partial charge >= 0.3 is 0 Å². The van der Waals surface area contributed by atoms with E-state index in [2.05, 4.69) is 16.9 Å². The van der Waals surface area contributed by atoms with Crippen molar-refractivity contribution in [3.63, 3.8) is 0 Å². The molecular formula is C15H28N4O. The molecule has 1 saturated heterocycles. The summed E-state index contributed by atoms with van der Waals surface area (Å²) in [6, 6.07) is 0. The van der Waals surface area contributed by atoms with Crippen molar-refractivity contribution in [3.05, 3.63) is 11.4 Å². The molecule has 5 nitrogen and oxygen atoms in total. The van der Waals surface area contributed by atoms with Crippen LogP contribution in [-0.4, -0.2) is 45.5 Å². The first-order valence-electron chi connectivity index (χ1n) is 7.71. The molecule has 1 aromatic rings. The van der Waals surface area contributed by atoms with Crippen molar-refractivity contribution in [1.82, 2.24) is 14.7 Å². The second-order valence-electron chi connectivity index (χ2n) is 6.07. The molecule has 3 N–H and O–H groups in total. The first-order chi connectivity index (χ1) is 9.51. The maximum Gasteiger partial charge on any atom is 0.0862 e. The van der Waals surface area contributed by atoms with Gasteiger partial charge in [0.2, 0.25) is 0 Å². The van der Waals surface area contributed by atoms with E-state index < -0.39 is 0 Å². The topological polar surface area (TPSA) is 67.3 Å². The van der Waals surface area contributed by atoms with Gasteiger partial charge in [-0.1, -0.05) is 13.3 Å². The zero-order valence-electron chi connectivity index (χ0n) is 13.0. The van der Waals surface area contributed by atoms with Crippen molar-refractivity contribution >= 4 is 5.69 Å². The van der Waals surface area contributed by atoms with Gasteiger partial charge in [0.25, 0.3) is 0 Å². The van der Waals surface area contributed by atoms with E-state index in [1.54, 1.807) is 0 Å². The van der Waals surface area contributed by atoms with E-state index in [1.165, 1.54) is 19.3 Å². The highest BCUT2D eigenvalue weighted by Gasteiger charge is 2.20. The van der Waals surface area contributed by atoms with E-state index in [4.69, 9.17) is 5.73 Å². The molecule has 0 amide bonds.